The lowest BCUT2D eigenvalue weighted by Crippen LogP contribution is -2.37. The van der Waals surface area contributed by atoms with Crippen molar-refractivity contribution in [3.8, 4) is 17.2 Å². The van der Waals surface area contributed by atoms with Gasteiger partial charge in [-0.3, -0.25) is 9.59 Å². The summed E-state index contributed by atoms with van der Waals surface area (Å²) in [5.74, 6) is 1.07. The van der Waals surface area contributed by atoms with Gasteiger partial charge in [-0.2, -0.15) is 0 Å². The summed E-state index contributed by atoms with van der Waals surface area (Å²) in [5.41, 5.74) is 1.78. The maximum Gasteiger partial charge on any atom is 0.332 e. The molecular weight excluding hydrogens is 462 g/mol. The molecule has 36 heavy (non-hydrogen) atoms. The lowest BCUT2D eigenvalue weighted by molar-refractivity contribution is -0.124. The van der Waals surface area contributed by atoms with Gasteiger partial charge in [-0.15, -0.1) is 0 Å². The second-order valence-corrected chi connectivity index (χ2v) is 8.33. The van der Waals surface area contributed by atoms with Crippen LogP contribution in [-0.4, -0.2) is 42.2 Å². The Labute approximate surface area is 208 Å². The number of rotatable bonds is 8. The molecule has 2 aliphatic heterocycles. The first-order valence-corrected chi connectivity index (χ1v) is 11.6. The maximum absolute atomic E-state index is 13.4. The quantitative estimate of drug-likeness (QED) is 0.479. The third-order valence-corrected chi connectivity index (χ3v) is 5.95. The predicted molar refractivity (Wildman–Crippen MR) is 132 cm³/mol. The molecule has 4 amide bonds. The number of carbonyl (C=O) groups is 3. The number of imide groups is 1. The summed E-state index contributed by atoms with van der Waals surface area (Å²) < 4.78 is 16.2. The average Bonchev–Trinajstić information content (AvgIpc) is 3.44. The van der Waals surface area contributed by atoms with Gasteiger partial charge in [-0.25, -0.2) is 9.69 Å². The number of benzene rings is 3. The van der Waals surface area contributed by atoms with Crippen LogP contribution in [0.4, 0.5) is 16.2 Å². The van der Waals surface area contributed by atoms with Crippen LogP contribution in [0.25, 0.3) is 0 Å². The van der Waals surface area contributed by atoms with E-state index < -0.39 is 18.0 Å². The van der Waals surface area contributed by atoms with Crippen molar-refractivity contribution in [2.75, 3.05) is 23.6 Å². The molecule has 0 unspecified atom stereocenters. The number of hydrogen-bond donors (Lipinski definition) is 1. The summed E-state index contributed by atoms with van der Waals surface area (Å²) in [7, 11) is 0. The van der Waals surface area contributed by atoms with Crippen LogP contribution in [0.5, 0.6) is 17.2 Å². The highest BCUT2D eigenvalue weighted by molar-refractivity contribution is 6.22. The number of urea groups is 1. The monoisotopic (exact) mass is 487 g/mol. The van der Waals surface area contributed by atoms with Crippen LogP contribution in [0.1, 0.15) is 18.9 Å². The van der Waals surface area contributed by atoms with E-state index >= 15 is 0 Å². The Morgan fingerprint density at radius 1 is 1.00 bits per heavy atom. The number of anilines is 2. The highest BCUT2D eigenvalue weighted by atomic mass is 16.7. The number of fused-ring (bicyclic) bond motifs is 1. The number of amides is 4. The fraction of sp³-hybridized carbons (Fsp3) is 0.222. The summed E-state index contributed by atoms with van der Waals surface area (Å²) in [5, 5.41) is 2.81. The van der Waals surface area contributed by atoms with E-state index in [4.69, 9.17) is 14.2 Å². The Morgan fingerprint density at radius 2 is 1.75 bits per heavy atom. The predicted octanol–water partition coefficient (Wildman–Crippen LogP) is 4.18. The van der Waals surface area contributed by atoms with Crippen LogP contribution in [0, 0.1) is 0 Å². The number of hydrogen-bond acceptors (Lipinski definition) is 6. The van der Waals surface area contributed by atoms with Crippen LogP contribution in [-0.2, 0) is 16.1 Å². The van der Waals surface area contributed by atoms with Crippen molar-refractivity contribution in [1.82, 2.24) is 4.90 Å². The van der Waals surface area contributed by atoms with Crippen LogP contribution in [0.3, 0.4) is 0 Å². The number of carbonyl (C=O) groups excluding carboxylic acids is 3. The SMILES string of the molecule is CCOc1ccc(NC(=O)C[C@@H]2C(=O)N(c3ccccc3)C(=O)N2Cc2ccc3c(c2)OCO3)cc1. The van der Waals surface area contributed by atoms with E-state index in [1.54, 1.807) is 66.7 Å². The molecule has 184 valence electrons. The zero-order valence-corrected chi connectivity index (χ0v) is 19.7. The van der Waals surface area contributed by atoms with Gasteiger partial charge in [0.05, 0.1) is 18.7 Å². The fourth-order valence-electron chi connectivity index (χ4n) is 4.25. The second-order valence-electron chi connectivity index (χ2n) is 8.33. The molecule has 9 nitrogen and oxygen atoms in total. The molecule has 0 aromatic heterocycles. The van der Waals surface area contributed by atoms with Gasteiger partial charge >= 0.3 is 6.03 Å². The van der Waals surface area contributed by atoms with E-state index in [2.05, 4.69) is 5.32 Å². The zero-order chi connectivity index (χ0) is 25.1. The summed E-state index contributed by atoms with van der Waals surface area (Å²) in [6, 6.07) is 19.6. The summed E-state index contributed by atoms with van der Waals surface area (Å²) in [6.45, 7) is 2.70. The minimum Gasteiger partial charge on any atom is -0.494 e. The van der Waals surface area contributed by atoms with E-state index in [0.717, 1.165) is 10.5 Å². The van der Waals surface area contributed by atoms with Crippen LogP contribution < -0.4 is 24.4 Å². The third kappa shape index (κ3) is 4.68. The second kappa shape index (κ2) is 9.99. The van der Waals surface area contributed by atoms with Crippen LogP contribution in [0.15, 0.2) is 72.8 Å². The van der Waals surface area contributed by atoms with E-state index in [9.17, 15) is 14.4 Å². The molecule has 0 spiro atoms. The van der Waals surface area contributed by atoms with Crippen LogP contribution >= 0.6 is 0 Å². The van der Waals surface area contributed by atoms with E-state index in [-0.39, 0.29) is 25.7 Å². The molecule has 3 aromatic rings. The topological polar surface area (TPSA) is 97.4 Å². The molecule has 0 aliphatic carbocycles. The van der Waals surface area contributed by atoms with E-state index in [1.807, 2.05) is 13.0 Å². The Bertz CT molecular complexity index is 1280. The Morgan fingerprint density at radius 3 is 2.50 bits per heavy atom. The standard InChI is InChI=1S/C27H25N3O6/c1-2-34-21-11-9-19(10-12-21)28-25(31)15-22-26(32)30(20-6-4-3-5-7-20)27(33)29(22)16-18-8-13-23-24(14-18)36-17-35-23/h3-14,22H,2,15-17H2,1H3,(H,28,31)/t22-/m1/s1. The summed E-state index contributed by atoms with van der Waals surface area (Å²) in [6.07, 6.45) is -0.189. The number of nitrogens with zero attached hydrogens (tertiary/aromatic N) is 2. The summed E-state index contributed by atoms with van der Waals surface area (Å²) >= 11 is 0. The number of para-hydroxylation sites is 1. The van der Waals surface area contributed by atoms with Crippen molar-refractivity contribution in [3.05, 3.63) is 78.4 Å². The zero-order valence-electron chi connectivity index (χ0n) is 19.7. The smallest absolute Gasteiger partial charge is 0.332 e. The Balaban J connectivity index is 1.37. The van der Waals surface area contributed by atoms with Gasteiger partial charge in [-0.05, 0) is 61.0 Å². The molecule has 1 fully saturated rings. The minimum absolute atomic E-state index is 0.131. The first-order chi connectivity index (χ1) is 17.5. The van der Waals surface area contributed by atoms with Gasteiger partial charge in [0.2, 0.25) is 12.7 Å². The maximum atomic E-state index is 13.4. The fourth-order valence-corrected chi connectivity index (χ4v) is 4.25. The van der Waals surface area contributed by atoms with E-state index in [1.165, 1.54) is 4.90 Å². The first-order valence-electron chi connectivity index (χ1n) is 11.6. The lowest BCUT2D eigenvalue weighted by atomic mass is 10.1. The molecule has 5 rings (SSSR count). The summed E-state index contributed by atoms with van der Waals surface area (Å²) in [4.78, 5) is 42.4. The van der Waals surface area contributed by atoms with Crippen LogP contribution in [0.2, 0.25) is 0 Å². The number of nitrogens with one attached hydrogen (secondary N) is 1. The van der Waals surface area contributed by atoms with Gasteiger partial charge in [0.15, 0.2) is 11.5 Å². The highest BCUT2D eigenvalue weighted by Gasteiger charge is 2.46. The molecule has 1 saturated heterocycles. The lowest BCUT2D eigenvalue weighted by Gasteiger charge is -2.22. The molecule has 2 heterocycles. The molecule has 2 aliphatic rings. The van der Waals surface area contributed by atoms with Crippen molar-refractivity contribution in [2.24, 2.45) is 0 Å². The molecular formula is C27H25N3O6. The van der Waals surface area contributed by atoms with Crippen molar-refractivity contribution in [1.29, 1.82) is 0 Å². The van der Waals surface area contributed by atoms with Crippen molar-refractivity contribution < 1.29 is 28.6 Å². The molecule has 0 radical (unpaired) electrons. The molecule has 1 atom stereocenters. The normalized spacial score (nSPS) is 16.4. The first kappa shape index (κ1) is 23.2. The highest BCUT2D eigenvalue weighted by Crippen LogP contribution is 2.34. The molecule has 1 N–H and O–H groups in total. The van der Waals surface area contributed by atoms with Gasteiger partial charge in [0, 0.05) is 12.2 Å². The molecule has 3 aromatic carbocycles. The van der Waals surface area contributed by atoms with E-state index in [0.29, 0.717) is 35.2 Å². The van der Waals surface area contributed by atoms with Crippen molar-refractivity contribution >= 4 is 29.2 Å². The number of ether oxygens (including phenoxy) is 3. The third-order valence-electron chi connectivity index (χ3n) is 5.95. The molecule has 0 saturated carbocycles. The average molecular weight is 488 g/mol. The largest absolute Gasteiger partial charge is 0.494 e. The Hall–Kier alpha value is -4.53. The van der Waals surface area contributed by atoms with Gasteiger partial charge in [0.25, 0.3) is 5.91 Å². The minimum atomic E-state index is -0.967. The van der Waals surface area contributed by atoms with Crippen molar-refractivity contribution in [2.45, 2.75) is 25.9 Å². The molecule has 9 heteroatoms. The van der Waals surface area contributed by atoms with Crippen molar-refractivity contribution in [3.63, 3.8) is 0 Å². The van der Waals surface area contributed by atoms with Gasteiger partial charge < -0.3 is 24.4 Å². The van der Waals surface area contributed by atoms with Gasteiger partial charge in [0.1, 0.15) is 11.8 Å². The molecule has 0 bridgehead atoms. The Kier molecular flexibility index (Phi) is 6.44. The van der Waals surface area contributed by atoms with Gasteiger partial charge in [-0.1, -0.05) is 24.3 Å².